The molecule has 2 aromatic carbocycles. The Labute approximate surface area is 172 Å². The van der Waals surface area contributed by atoms with Gasteiger partial charge in [-0.05, 0) is 37.1 Å². The fourth-order valence-corrected chi connectivity index (χ4v) is 3.56. The number of benzene rings is 2. The third-order valence-electron chi connectivity index (χ3n) is 3.86. The summed E-state index contributed by atoms with van der Waals surface area (Å²) in [4.78, 5) is 16.4. The van der Waals surface area contributed by atoms with Crippen LogP contribution in [-0.4, -0.2) is 24.0 Å². The van der Waals surface area contributed by atoms with Crippen molar-refractivity contribution in [1.82, 2.24) is 10.3 Å². The summed E-state index contributed by atoms with van der Waals surface area (Å²) < 4.78 is 5.41. The molecule has 1 amide bonds. The number of aryl methyl sites for hydroxylation is 1. The van der Waals surface area contributed by atoms with Gasteiger partial charge in [0.25, 0.3) is 5.91 Å². The molecule has 3 rings (SSSR count). The van der Waals surface area contributed by atoms with Gasteiger partial charge in [0.2, 0.25) is 0 Å². The molecule has 0 saturated heterocycles. The quantitative estimate of drug-likeness (QED) is 0.573. The molecular weight excluding hydrogens is 403 g/mol. The van der Waals surface area contributed by atoms with Crippen LogP contribution in [0.1, 0.15) is 10.6 Å². The monoisotopic (exact) mass is 420 g/mol. The van der Waals surface area contributed by atoms with Crippen molar-refractivity contribution in [1.29, 1.82) is 0 Å². The maximum Gasteiger partial charge on any atom is 0.257 e. The van der Waals surface area contributed by atoms with Crippen molar-refractivity contribution >= 4 is 40.4 Å². The number of amides is 1. The number of ether oxygens (including phenoxy) is 1. The third-order valence-corrected chi connectivity index (χ3v) is 5.16. The Kier molecular flexibility index (Phi) is 6.72. The first-order valence-corrected chi connectivity index (χ1v) is 10.0. The molecule has 1 N–H and O–H groups in total. The van der Waals surface area contributed by atoms with Crippen LogP contribution in [-0.2, 0) is 11.2 Å². The van der Waals surface area contributed by atoms with Crippen LogP contribution < -0.4 is 10.1 Å². The lowest BCUT2D eigenvalue weighted by molar-refractivity contribution is -0.123. The lowest BCUT2D eigenvalue weighted by Crippen LogP contribution is -2.30. The average Bonchev–Trinajstić information content (AvgIpc) is 3.08. The molecule has 0 atom stereocenters. The number of hydrogen-bond acceptors (Lipinski definition) is 4. The topological polar surface area (TPSA) is 51.2 Å². The fraction of sp³-hybridized carbons (Fsp3) is 0.200. The largest absolute Gasteiger partial charge is 0.482 e. The van der Waals surface area contributed by atoms with Crippen molar-refractivity contribution in [2.75, 3.05) is 13.2 Å². The van der Waals surface area contributed by atoms with Crippen molar-refractivity contribution in [2.24, 2.45) is 0 Å². The van der Waals surface area contributed by atoms with Gasteiger partial charge in [0.15, 0.2) is 6.61 Å². The Bertz CT molecular complexity index is 926. The molecule has 0 aliphatic rings. The first-order valence-electron chi connectivity index (χ1n) is 8.37. The highest BCUT2D eigenvalue weighted by atomic mass is 35.5. The van der Waals surface area contributed by atoms with Crippen LogP contribution in [0, 0.1) is 6.92 Å². The minimum atomic E-state index is -0.199. The zero-order chi connectivity index (χ0) is 19.2. The van der Waals surface area contributed by atoms with Gasteiger partial charge in [-0.1, -0.05) is 47.5 Å². The molecule has 0 aliphatic carbocycles. The van der Waals surface area contributed by atoms with Gasteiger partial charge in [0, 0.05) is 22.5 Å². The van der Waals surface area contributed by atoms with Gasteiger partial charge >= 0.3 is 0 Å². The number of aromatic nitrogens is 1. The van der Waals surface area contributed by atoms with E-state index in [-0.39, 0.29) is 12.5 Å². The maximum absolute atomic E-state index is 11.9. The molecule has 4 nitrogen and oxygen atoms in total. The van der Waals surface area contributed by atoms with E-state index in [0.29, 0.717) is 22.3 Å². The highest BCUT2D eigenvalue weighted by Crippen LogP contribution is 2.27. The molecule has 0 bridgehead atoms. The molecule has 0 unspecified atom stereocenters. The van der Waals surface area contributed by atoms with Crippen molar-refractivity contribution in [2.45, 2.75) is 13.3 Å². The number of thiazole rings is 1. The highest BCUT2D eigenvalue weighted by Gasteiger charge is 2.07. The number of nitrogens with zero attached hydrogens (tertiary/aromatic N) is 1. The van der Waals surface area contributed by atoms with Crippen molar-refractivity contribution in [3.05, 3.63) is 68.5 Å². The zero-order valence-corrected chi connectivity index (χ0v) is 17.0. The van der Waals surface area contributed by atoms with Crippen LogP contribution in [0.5, 0.6) is 5.75 Å². The minimum absolute atomic E-state index is 0.0938. The molecule has 3 aromatic rings. The maximum atomic E-state index is 11.9. The van der Waals surface area contributed by atoms with Crippen LogP contribution in [0.2, 0.25) is 10.0 Å². The van der Waals surface area contributed by atoms with Crippen molar-refractivity contribution in [3.63, 3.8) is 0 Å². The Morgan fingerprint density at radius 2 is 1.96 bits per heavy atom. The van der Waals surface area contributed by atoms with E-state index in [1.807, 2.05) is 6.92 Å². The van der Waals surface area contributed by atoms with E-state index in [0.717, 1.165) is 28.2 Å². The van der Waals surface area contributed by atoms with Gasteiger partial charge in [-0.2, -0.15) is 0 Å². The normalized spacial score (nSPS) is 10.6. The van der Waals surface area contributed by atoms with E-state index in [9.17, 15) is 4.79 Å². The summed E-state index contributed by atoms with van der Waals surface area (Å²) in [6, 6.07) is 13.1. The molecular formula is C20H18Cl2N2O2S. The molecule has 0 saturated carbocycles. The second-order valence-electron chi connectivity index (χ2n) is 5.91. The zero-order valence-electron chi connectivity index (χ0n) is 14.7. The Hall–Kier alpha value is -2.08. The van der Waals surface area contributed by atoms with E-state index in [2.05, 4.69) is 39.9 Å². The van der Waals surface area contributed by atoms with Gasteiger partial charge in [-0.3, -0.25) is 4.79 Å². The molecule has 7 heteroatoms. The SMILES string of the molecule is Cc1nc(-c2ccc(CCNC(=O)COc3ccc(Cl)cc3Cl)cc2)cs1. The number of carbonyl (C=O) groups excluding carboxylic acids is 1. The van der Waals surface area contributed by atoms with Crippen LogP contribution in [0.4, 0.5) is 0 Å². The predicted octanol–water partition coefficient (Wildman–Crippen LogP) is 5.16. The fourth-order valence-electron chi connectivity index (χ4n) is 2.47. The Balaban J connectivity index is 1.43. The van der Waals surface area contributed by atoms with E-state index in [1.165, 1.54) is 0 Å². The van der Waals surface area contributed by atoms with E-state index < -0.39 is 0 Å². The molecule has 140 valence electrons. The minimum Gasteiger partial charge on any atom is -0.482 e. The summed E-state index contributed by atoms with van der Waals surface area (Å²) in [6.45, 7) is 2.44. The number of nitrogens with one attached hydrogen (secondary N) is 1. The first kappa shape index (κ1) is 19.7. The summed E-state index contributed by atoms with van der Waals surface area (Å²) >= 11 is 13.5. The van der Waals surface area contributed by atoms with Crippen LogP contribution in [0.25, 0.3) is 11.3 Å². The number of halogens is 2. The number of carbonyl (C=O) groups is 1. The van der Waals surface area contributed by atoms with Crippen molar-refractivity contribution < 1.29 is 9.53 Å². The van der Waals surface area contributed by atoms with E-state index >= 15 is 0 Å². The molecule has 0 fully saturated rings. The van der Waals surface area contributed by atoms with Crippen LogP contribution in [0.3, 0.4) is 0 Å². The molecule has 0 spiro atoms. The lowest BCUT2D eigenvalue weighted by atomic mass is 10.1. The summed E-state index contributed by atoms with van der Waals surface area (Å²) in [7, 11) is 0. The Morgan fingerprint density at radius 3 is 2.63 bits per heavy atom. The van der Waals surface area contributed by atoms with Gasteiger partial charge in [0.05, 0.1) is 15.7 Å². The summed E-state index contributed by atoms with van der Waals surface area (Å²) in [5.74, 6) is 0.236. The Morgan fingerprint density at radius 1 is 1.19 bits per heavy atom. The summed E-state index contributed by atoms with van der Waals surface area (Å²) in [6.07, 6.45) is 0.740. The molecule has 0 radical (unpaired) electrons. The van der Waals surface area contributed by atoms with Crippen LogP contribution >= 0.6 is 34.5 Å². The van der Waals surface area contributed by atoms with Gasteiger partial charge in [-0.25, -0.2) is 4.98 Å². The average molecular weight is 421 g/mol. The predicted molar refractivity (Wildman–Crippen MR) is 111 cm³/mol. The summed E-state index contributed by atoms with van der Waals surface area (Å²) in [5.41, 5.74) is 3.24. The highest BCUT2D eigenvalue weighted by molar-refractivity contribution is 7.09. The third kappa shape index (κ3) is 5.70. The first-order chi connectivity index (χ1) is 13.0. The number of hydrogen-bond donors (Lipinski definition) is 1. The van der Waals surface area contributed by atoms with Gasteiger partial charge < -0.3 is 10.1 Å². The van der Waals surface area contributed by atoms with Gasteiger partial charge in [-0.15, -0.1) is 11.3 Å². The van der Waals surface area contributed by atoms with E-state index in [4.69, 9.17) is 27.9 Å². The van der Waals surface area contributed by atoms with Gasteiger partial charge in [0.1, 0.15) is 5.75 Å². The summed E-state index contributed by atoms with van der Waals surface area (Å²) in [5, 5.41) is 6.85. The molecule has 27 heavy (non-hydrogen) atoms. The smallest absolute Gasteiger partial charge is 0.257 e. The molecule has 0 aliphatic heterocycles. The molecule has 1 heterocycles. The standard InChI is InChI=1S/C20H18Cl2N2O2S/c1-13-24-18(12-27-13)15-4-2-14(3-5-15)8-9-23-20(25)11-26-19-7-6-16(21)10-17(19)22/h2-7,10,12H,8-9,11H2,1H3,(H,23,25). The van der Waals surface area contributed by atoms with Crippen LogP contribution in [0.15, 0.2) is 47.8 Å². The lowest BCUT2D eigenvalue weighted by Gasteiger charge is -2.09. The molecule has 1 aromatic heterocycles. The van der Waals surface area contributed by atoms with E-state index in [1.54, 1.807) is 29.5 Å². The second kappa shape index (κ2) is 9.22. The second-order valence-corrected chi connectivity index (χ2v) is 7.82. The number of rotatable bonds is 7. The van der Waals surface area contributed by atoms with Crippen molar-refractivity contribution in [3.8, 4) is 17.0 Å².